The van der Waals surface area contributed by atoms with Crippen molar-refractivity contribution in [2.75, 3.05) is 13.2 Å². The summed E-state index contributed by atoms with van der Waals surface area (Å²) in [5.74, 6) is -0.250. The van der Waals surface area contributed by atoms with Crippen LogP contribution in [0.3, 0.4) is 0 Å². The highest BCUT2D eigenvalue weighted by molar-refractivity contribution is 6.31. The Morgan fingerprint density at radius 3 is 2.95 bits per heavy atom. The van der Waals surface area contributed by atoms with Gasteiger partial charge in [0.2, 0.25) is 0 Å². The third-order valence-electron chi connectivity index (χ3n) is 3.28. The van der Waals surface area contributed by atoms with Crippen molar-refractivity contribution in [3.05, 3.63) is 46.7 Å². The van der Waals surface area contributed by atoms with E-state index < -0.39 is 0 Å². The topological polar surface area (TPSA) is 60.2 Å². The third-order valence-corrected chi connectivity index (χ3v) is 3.65. The van der Waals surface area contributed by atoms with Gasteiger partial charge in [0.1, 0.15) is 0 Å². The van der Waals surface area contributed by atoms with Crippen LogP contribution in [0, 0.1) is 0 Å². The average molecular weight is 307 g/mol. The number of hydrogen-bond acceptors (Lipinski definition) is 4. The molecule has 0 aliphatic carbocycles. The molecule has 21 heavy (non-hydrogen) atoms. The Balaban J connectivity index is 1.71. The molecule has 0 spiro atoms. The molecule has 7 heteroatoms. The lowest BCUT2D eigenvalue weighted by Gasteiger charge is -2.24. The van der Waals surface area contributed by atoms with E-state index in [9.17, 15) is 4.79 Å². The van der Waals surface area contributed by atoms with Crippen LogP contribution in [0.2, 0.25) is 5.02 Å². The fraction of sp³-hybridized carbons (Fsp3) is 0.357. The summed E-state index contributed by atoms with van der Waals surface area (Å²) in [5, 5.41) is 9.91. The lowest BCUT2D eigenvalue weighted by Crippen LogP contribution is -2.35. The lowest BCUT2D eigenvalue weighted by atomic mass is 10.2. The van der Waals surface area contributed by atoms with Crippen LogP contribution in [-0.2, 0) is 11.4 Å². The molecule has 2 aromatic rings. The first kappa shape index (κ1) is 14.0. The van der Waals surface area contributed by atoms with Crippen molar-refractivity contribution in [2.45, 2.75) is 19.4 Å². The molecule has 0 N–H and O–H groups in total. The Kier molecular flexibility index (Phi) is 4.17. The first-order chi connectivity index (χ1) is 10.2. The van der Waals surface area contributed by atoms with Gasteiger partial charge in [0.25, 0.3) is 5.91 Å². The number of carbonyl (C=O) groups excluding carboxylic acids is 1. The molecule has 110 valence electrons. The molecule has 6 nitrogen and oxygen atoms in total. The van der Waals surface area contributed by atoms with Crippen LogP contribution in [0.15, 0.2) is 30.5 Å². The van der Waals surface area contributed by atoms with Gasteiger partial charge >= 0.3 is 0 Å². The van der Waals surface area contributed by atoms with Crippen LogP contribution >= 0.6 is 11.6 Å². The molecule has 1 aromatic heterocycles. The highest BCUT2D eigenvalue weighted by Gasteiger charge is 2.22. The molecule has 1 aromatic carbocycles. The van der Waals surface area contributed by atoms with Gasteiger partial charge in [0.05, 0.1) is 19.3 Å². The molecule has 2 heterocycles. The van der Waals surface area contributed by atoms with Gasteiger partial charge in [-0.05, 0) is 24.5 Å². The largest absolute Gasteiger partial charge is 0.299 e. The summed E-state index contributed by atoms with van der Waals surface area (Å²) in [6.45, 7) is 1.64. The van der Waals surface area contributed by atoms with Crippen LogP contribution in [0.4, 0.5) is 0 Å². The van der Waals surface area contributed by atoms with Crippen molar-refractivity contribution in [3.63, 3.8) is 0 Å². The number of hydroxylamine groups is 2. The Labute approximate surface area is 127 Å². The minimum atomic E-state index is -0.250. The highest BCUT2D eigenvalue weighted by atomic mass is 35.5. The van der Waals surface area contributed by atoms with E-state index in [1.54, 1.807) is 10.9 Å². The summed E-state index contributed by atoms with van der Waals surface area (Å²) in [7, 11) is 0. The van der Waals surface area contributed by atoms with E-state index in [-0.39, 0.29) is 11.6 Å². The number of carbonyl (C=O) groups is 1. The summed E-state index contributed by atoms with van der Waals surface area (Å²) in [4.78, 5) is 17.5. The molecular weight excluding hydrogens is 292 g/mol. The average Bonchev–Trinajstić information content (AvgIpc) is 2.98. The van der Waals surface area contributed by atoms with Gasteiger partial charge in [0, 0.05) is 11.6 Å². The first-order valence-electron chi connectivity index (χ1n) is 6.82. The van der Waals surface area contributed by atoms with E-state index in [4.69, 9.17) is 16.4 Å². The van der Waals surface area contributed by atoms with Gasteiger partial charge in [-0.1, -0.05) is 35.0 Å². The van der Waals surface area contributed by atoms with E-state index in [1.165, 1.54) is 5.06 Å². The third kappa shape index (κ3) is 3.22. The summed E-state index contributed by atoms with van der Waals surface area (Å²) in [6, 6.07) is 7.52. The number of aromatic nitrogens is 3. The first-order valence-corrected chi connectivity index (χ1v) is 7.20. The smallest absolute Gasteiger partial charge is 0.271 e. The van der Waals surface area contributed by atoms with Crippen molar-refractivity contribution in [1.82, 2.24) is 20.1 Å². The quantitative estimate of drug-likeness (QED) is 0.872. The standard InChI is InChI=1S/C14H15ClN4O2/c15-12-6-2-1-5-11(12)9-18-10-13(16-17-18)14(20)19-7-3-4-8-21-19/h1-2,5-6,10H,3-4,7-9H2. The highest BCUT2D eigenvalue weighted by Crippen LogP contribution is 2.16. The van der Waals surface area contributed by atoms with Gasteiger partial charge in [-0.3, -0.25) is 9.63 Å². The Hall–Kier alpha value is -1.92. The second-order valence-electron chi connectivity index (χ2n) is 4.84. The fourth-order valence-electron chi connectivity index (χ4n) is 2.16. The molecule has 0 radical (unpaired) electrons. The number of amides is 1. The maximum Gasteiger partial charge on any atom is 0.299 e. The molecule has 1 aliphatic heterocycles. The minimum Gasteiger partial charge on any atom is -0.271 e. The van der Waals surface area contributed by atoms with Crippen LogP contribution in [0.25, 0.3) is 0 Å². The predicted octanol–water partition coefficient (Wildman–Crippen LogP) is 2.15. The molecule has 0 saturated carbocycles. The van der Waals surface area contributed by atoms with Crippen molar-refractivity contribution in [2.24, 2.45) is 0 Å². The molecule has 0 bridgehead atoms. The summed E-state index contributed by atoms with van der Waals surface area (Å²) >= 11 is 6.11. The summed E-state index contributed by atoms with van der Waals surface area (Å²) in [5.41, 5.74) is 1.21. The number of halogens is 1. The van der Waals surface area contributed by atoms with Gasteiger partial charge in [-0.2, -0.15) is 0 Å². The number of benzene rings is 1. The van der Waals surface area contributed by atoms with Crippen LogP contribution in [0.1, 0.15) is 28.9 Å². The van der Waals surface area contributed by atoms with Gasteiger partial charge in [0.15, 0.2) is 5.69 Å². The van der Waals surface area contributed by atoms with Crippen molar-refractivity contribution < 1.29 is 9.63 Å². The van der Waals surface area contributed by atoms with E-state index in [0.717, 1.165) is 18.4 Å². The van der Waals surface area contributed by atoms with Crippen LogP contribution in [0.5, 0.6) is 0 Å². The number of rotatable bonds is 3. The zero-order valence-electron chi connectivity index (χ0n) is 11.4. The minimum absolute atomic E-state index is 0.250. The van der Waals surface area contributed by atoms with Gasteiger partial charge < -0.3 is 0 Å². The van der Waals surface area contributed by atoms with E-state index >= 15 is 0 Å². The molecule has 1 fully saturated rings. The Morgan fingerprint density at radius 1 is 1.33 bits per heavy atom. The Morgan fingerprint density at radius 2 is 2.19 bits per heavy atom. The van der Waals surface area contributed by atoms with Crippen LogP contribution < -0.4 is 0 Å². The second kappa shape index (κ2) is 6.24. The molecule has 1 aliphatic rings. The monoisotopic (exact) mass is 306 g/mol. The SMILES string of the molecule is O=C(c1cn(Cc2ccccc2Cl)nn1)N1CCCCO1. The Bertz CT molecular complexity index is 637. The predicted molar refractivity (Wildman–Crippen MR) is 76.8 cm³/mol. The van der Waals surface area contributed by atoms with Crippen molar-refractivity contribution in [3.8, 4) is 0 Å². The van der Waals surface area contributed by atoms with E-state index in [2.05, 4.69) is 10.3 Å². The van der Waals surface area contributed by atoms with Gasteiger partial charge in [-0.15, -0.1) is 5.10 Å². The summed E-state index contributed by atoms with van der Waals surface area (Å²) in [6.07, 6.45) is 3.53. The maximum atomic E-state index is 12.2. The molecule has 3 rings (SSSR count). The summed E-state index contributed by atoms with van der Waals surface area (Å²) < 4.78 is 1.60. The molecular formula is C14H15ClN4O2. The second-order valence-corrected chi connectivity index (χ2v) is 5.25. The van der Waals surface area contributed by atoms with Crippen LogP contribution in [-0.4, -0.2) is 39.1 Å². The van der Waals surface area contributed by atoms with Crippen molar-refractivity contribution in [1.29, 1.82) is 0 Å². The number of nitrogens with zero attached hydrogens (tertiary/aromatic N) is 4. The lowest BCUT2D eigenvalue weighted by molar-refractivity contribution is -0.144. The molecule has 0 atom stereocenters. The zero-order valence-corrected chi connectivity index (χ0v) is 12.2. The molecule has 1 amide bonds. The van der Waals surface area contributed by atoms with Gasteiger partial charge in [-0.25, -0.2) is 9.75 Å². The fourth-order valence-corrected chi connectivity index (χ4v) is 2.36. The number of hydrogen-bond donors (Lipinski definition) is 0. The molecule has 0 unspecified atom stereocenters. The van der Waals surface area contributed by atoms with E-state index in [1.807, 2.05) is 24.3 Å². The molecule has 1 saturated heterocycles. The van der Waals surface area contributed by atoms with Crippen molar-refractivity contribution >= 4 is 17.5 Å². The normalized spacial score (nSPS) is 15.2. The van der Waals surface area contributed by atoms with E-state index in [0.29, 0.717) is 24.7 Å². The maximum absolute atomic E-state index is 12.2. The zero-order chi connectivity index (χ0) is 14.7.